The Bertz CT molecular complexity index is 859. The second-order valence-electron chi connectivity index (χ2n) is 7.08. The van der Waals surface area contributed by atoms with E-state index in [1.807, 2.05) is 24.3 Å². The predicted octanol–water partition coefficient (Wildman–Crippen LogP) is 3.38. The highest BCUT2D eigenvalue weighted by Gasteiger charge is 2.33. The van der Waals surface area contributed by atoms with Gasteiger partial charge in [0.1, 0.15) is 5.69 Å². The summed E-state index contributed by atoms with van der Waals surface area (Å²) in [6.07, 6.45) is 11.8. The van der Waals surface area contributed by atoms with Gasteiger partial charge in [-0.05, 0) is 51.4 Å². The Balaban J connectivity index is 1.54. The normalized spacial score (nSPS) is 25.4. The van der Waals surface area contributed by atoms with Crippen LogP contribution in [0, 0.1) is 0 Å². The molecule has 4 heteroatoms. The molecule has 0 saturated carbocycles. The van der Waals surface area contributed by atoms with Gasteiger partial charge >= 0.3 is 0 Å². The number of hydrogen-bond acceptors (Lipinski definition) is 3. The highest BCUT2D eigenvalue weighted by molar-refractivity contribution is 5.73. The van der Waals surface area contributed by atoms with E-state index in [1.165, 1.54) is 0 Å². The lowest BCUT2D eigenvalue weighted by molar-refractivity contribution is 0.110. The van der Waals surface area contributed by atoms with Crippen molar-refractivity contribution in [2.75, 3.05) is 13.1 Å². The Morgan fingerprint density at radius 2 is 2.00 bits per heavy atom. The summed E-state index contributed by atoms with van der Waals surface area (Å²) in [5.41, 5.74) is 2.48. The van der Waals surface area contributed by atoms with Crippen molar-refractivity contribution in [3.63, 3.8) is 0 Å². The van der Waals surface area contributed by atoms with Crippen LogP contribution in [0.5, 0.6) is 0 Å². The first-order chi connectivity index (χ1) is 11.7. The number of likely N-dealkylation sites (tertiary alicyclic amines) is 1. The van der Waals surface area contributed by atoms with E-state index in [-0.39, 0.29) is 17.0 Å². The molecule has 4 nitrogen and oxygen atoms in total. The molecule has 1 fully saturated rings. The van der Waals surface area contributed by atoms with Crippen LogP contribution in [0.3, 0.4) is 0 Å². The molecule has 1 saturated heterocycles. The van der Waals surface area contributed by atoms with Crippen molar-refractivity contribution < 1.29 is 0 Å². The van der Waals surface area contributed by atoms with Crippen LogP contribution in [0.25, 0.3) is 11.0 Å². The zero-order chi connectivity index (χ0) is 16.6. The van der Waals surface area contributed by atoms with E-state index >= 15 is 0 Å². The van der Waals surface area contributed by atoms with Crippen molar-refractivity contribution in [2.24, 2.45) is 0 Å². The molecule has 1 aliphatic carbocycles. The summed E-state index contributed by atoms with van der Waals surface area (Å²) in [6.45, 7) is 4.31. The number of H-pyrrole nitrogens is 1. The molecule has 0 radical (unpaired) electrons. The van der Waals surface area contributed by atoms with Gasteiger partial charge < -0.3 is 4.98 Å². The van der Waals surface area contributed by atoms with Gasteiger partial charge in [-0.15, -0.1) is 0 Å². The van der Waals surface area contributed by atoms with Gasteiger partial charge in [0.2, 0.25) is 0 Å². The highest BCUT2D eigenvalue weighted by atomic mass is 16.1. The van der Waals surface area contributed by atoms with Crippen LogP contribution < -0.4 is 5.56 Å². The molecular weight excluding hydrogens is 298 g/mol. The molecule has 2 aliphatic rings. The Morgan fingerprint density at radius 3 is 2.75 bits per heavy atom. The Kier molecular flexibility index (Phi) is 3.85. The number of para-hydroxylation sites is 2. The van der Waals surface area contributed by atoms with Gasteiger partial charge in [0.05, 0.1) is 11.0 Å². The number of fused-ring (bicyclic) bond motifs is 1. The highest BCUT2D eigenvalue weighted by Crippen LogP contribution is 2.32. The molecule has 1 aromatic carbocycles. The molecule has 0 bridgehead atoms. The first-order valence-corrected chi connectivity index (χ1v) is 8.74. The van der Waals surface area contributed by atoms with Crippen molar-refractivity contribution in [3.8, 4) is 0 Å². The van der Waals surface area contributed by atoms with Gasteiger partial charge in [0.15, 0.2) is 0 Å². The van der Waals surface area contributed by atoms with Crippen molar-refractivity contribution in [3.05, 3.63) is 64.6 Å². The fourth-order valence-corrected chi connectivity index (χ4v) is 3.93. The van der Waals surface area contributed by atoms with Gasteiger partial charge in [-0.3, -0.25) is 9.69 Å². The number of aromatic amines is 1. The molecule has 1 aromatic heterocycles. The second kappa shape index (κ2) is 6.02. The molecule has 0 spiro atoms. The molecule has 24 heavy (non-hydrogen) atoms. The van der Waals surface area contributed by atoms with Gasteiger partial charge in [0.25, 0.3) is 5.56 Å². The maximum Gasteiger partial charge on any atom is 0.270 e. The SMILES string of the molecule is CC1(N2CCC(c3nc4ccccc4[nH]c3=O)CC2)C=CC=CC1. The number of piperidine rings is 1. The molecule has 2 heterocycles. The topological polar surface area (TPSA) is 49.0 Å². The van der Waals surface area contributed by atoms with E-state index in [0.29, 0.717) is 5.69 Å². The van der Waals surface area contributed by atoms with Gasteiger partial charge in [-0.1, -0.05) is 36.4 Å². The first kappa shape index (κ1) is 15.3. The van der Waals surface area contributed by atoms with Crippen LogP contribution in [-0.4, -0.2) is 33.5 Å². The molecule has 1 unspecified atom stereocenters. The zero-order valence-corrected chi connectivity index (χ0v) is 14.0. The minimum atomic E-state index is -0.0288. The Morgan fingerprint density at radius 1 is 1.21 bits per heavy atom. The second-order valence-corrected chi connectivity index (χ2v) is 7.08. The van der Waals surface area contributed by atoms with Crippen molar-refractivity contribution in [1.82, 2.24) is 14.9 Å². The van der Waals surface area contributed by atoms with E-state index in [9.17, 15) is 4.79 Å². The third-order valence-electron chi connectivity index (χ3n) is 5.46. The average Bonchev–Trinajstić information content (AvgIpc) is 2.62. The van der Waals surface area contributed by atoms with Crippen LogP contribution in [0.4, 0.5) is 0 Å². The summed E-state index contributed by atoms with van der Waals surface area (Å²) >= 11 is 0. The quantitative estimate of drug-likeness (QED) is 0.922. The van der Waals surface area contributed by atoms with Crippen LogP contribution in [0.15, 0.2) is 53.4 Å². The minimum absolute atomic E-state index is 0.0288. The Labute approximate surface area is 141 Å². The first-order valence-electron chi connectivity index (χ1n) is 8.74. The summed E-state index contributed by atoms with van der Waals surface area (Å²) in [7, 11) is 0. The number of allylic oxidation sites excluding steroid dienone is 2. The standard InChI is InChI=1S/C20H23N3O/c1-20(11-5-2-6-12-20)23-13-9-15(10-14-23)18-19(24)22-17-8-4-3-7-16(17)21-18/h2-8,11,15H,9-10,12-14H2,1H3,(H,22,24). The third kappa shape index (κ3) is 2.71. The molecule has 4 rings (SSSR count). The van der Waals surface area contributed by atoms with E-state index < -0.39 is 0 Å². The lowest BCUT2D eigenvalue weighted by Gasteiger charge is -2.43. The molecule has 124 valence electrons. The monoisotopic (exact) mass is 321 g/mol. The van der Waals surface area contributed by atoms with E-state index in [4.69, 9.17) is 0 Å². The Hall–Kier alpha value is -2.20. The van der Waals surface area contributed by atoms with Crippen molar-refractivity contribution in [1.29, 1.82) is 0 Å². The van der Waals surface area contributed by atoms with Gasteiger partial charge in [-0.25, -0.2) is 4.98 Å². The molecule has 2 aromatic rings. The van der Waals surface area contributed by atoms with Crippen LogP contribution in [0.1, 0.15) is 37.8 Å². The molecule has 1 atom stereocenters. The fraction of sp³-hybridized carbons (Fsp3) is 0.400. The maximum atomic E-state index is 12.4. The summed E-state index contributed by atoms with van der Waals surface area (Å²) in [5, 5.41) is 0. The fourth-order valence-electron chi connectivity index (χ4n) is 3.93. The molecule has 1 N–H and O–H groups in total. The number of rotatable bonds is 2. The lowest BCUT2D eigenvalue weighted by atomic mass is 9.86. The number of benzene rings is 1. The minimum Gasteiger partial charge on any atom is -0.319 e. The number of hydrogen-bond donors (Lipinski definition) is 1. The average molecular weight is 321 g/mol. The van der Waals surface area contributed by atoms with E-state index in [1.54, 1.807) is 0 Å². The summed E-state index contributed by atoms with van der Waals surface area (Å²) in [4.78, 5) is 22.6. The zero-order valence-electron chi connectivity index (χ0n) is 14.0. The third-order valence-corrected chi connectivity index (χ3v) is 5.46. The smallest absolute Gasteiger partial charge is 0.270 e. The molecular formula is C20H23N3O. The van der Waals surface area contributed by atoms with Crippen LogP contribution in [0.2, 0.25) is 0 Å². The summed E-state index contributed by atoms with van der Waals surface area (Å²) in [6, 6.07) is 7.75. The summed E-state index contributed by atoms with van der Waals surface area (Å²) in [5.74, 6) is 0.251. The number of nitrogens with zero attached hydrogens (tertiary/aromatic N) is 2. The van der Waals surface area contributed by atoms with Crippen LogP contribution in [-0.2, 0) is 0 Å². The van der Waals surface area contributed by atoms with Crippen molar-refractivity contribution in [2.45, 2.75) is 37.6 Å². The van der Waals surface area contributed by atoms with Crippen LogP contribution >= 0.6 is 0 Å². The van der Waals surface area contributed by atoms with E-state index in [0.717, 1.165) is 43.4 Å². The van der Waals surface area contributed by atoms with Gasteiger partial charge in [0, 0.05) is 11.5 Å². The predicted molar refractivity (Wildman–Crippen MR) is 97.2 cm³/mol. The lowest BCUT2D eigenvalue weighted by Crippen LogP contribution is -2.49. The number of aromatic nitrogens is 2. The molecule has 1 aliphatic heterocycles. The maximum absolute atomic E-state index is 12.4. The largest absolute Gasteiger partial charge is 0.319 e. The summed E-state index contributed by atoms with van der Waals surface area (Å²) < 4.78 is 0. The number of nitrogens with one attached hydrogen (secondary N) is 1. The molecule has 0 amide bonds. The van der Waals surface area contributed by atoms with E-state index in [2.05, 4.69) is 46.1 Å². The van der Waals surface area contributed by atoms with Crippen molar-refractivity contribution >= 4 is 11.0 Å². The van der Waals surface area contributed by atoms with Gasteiger partial charge in [-0.2, -0.15) is 0 Å².